The van der Waals surface area contributed by atoms with Gasteiger partial charge in [-0.15, -0.1) is 0 Å². The molecule has 79 heavy (non-hydrogen) atoms. The average Bonchev–Trinajstić information content (AvgIpc) is 4.32. The first-order valence-electron chi connectivity index (χ1n) is 26.2. The monoisotopic (exact) mass is 1090 g/mol. The van der Waals surface area contributed by atoms with E-state index in [1.165, 1.54) is 42.1 Å². The smallest absolute Gasteiger partial charge is 0.411 e. The summed E-state index contributed by atoms with van der Waals surface area (Å²) in [7, 11) is 4.22. The summed E-state index contributed by atoms with van der Waals surface area (Å²) in [6, 6.07) is 10.1. The summed E-state index contributed by atoms with van der Waals surface area (Å²) in [5, 5.41) is 1.80. The largest absolute Gasteiger partial charge is 0.493 e. The molecule has 3 aliphatic heterocycles. The van der Waals surface area contributed by atoms with E-state index >= 15 is 0 Å². The Kier molecular flexibility index (Phi) is 14.9. The molecule has 1 unspecified atom stereocenters. The number of likely N-dealkylation sites (tertiary alicyclic amines) is 3. The van der Waals surface area contributed by atoms with Crippen molar-refractivity contribution in [1.29, 1.82) is 0 Å². The van der Waals surface area contributed by atoms with Crippen molar-refractivity contribution in [3.05, 3.63) is 65.1 Å². The number of amides is 3. The number of aromatic nitrogens is 1. The van der Waals surface area contributed by atoms with Crippen molar-refractivity contribution in [3.8, 4) is 45.6 Å². The second kappa shape index (κ2) is 21.2. The van der Waals surface area contributed by atoms with E-state index in [4.69, 9.17) is 47.0 Å². The second-order valence-corrected chi connectivity index (χ2v) is 22.7. The van der Waals surface area contributed by atoms with Gasteiger partial charge in [-0.3, -0.25) is 14.7 Å². The summed E-state index contributed by atoms with van der Waals surface area (Å²) in [4.78, 5) is 100.0. The molecule has 3 saturated heterocycles. The fourth-order valence-corrected chi connectivity index (χ4v) is 10.4. The fraction of sp³-hybridized carbons (Fsp3) is 0.466. The number of esters is 3. The van der Waals surface area contributed by atoms with Gasteiger partial charge in [-0.25, -0.2) is 33.6 Å². The highest BCUT2D eigenvalue weighted by atomic mass is 16.6. The quantitative estimate of drug-likeness (QED) is 0.0537. The van der Waals surface area contributed by atoms with Gasteiger partial charge in [-0.05, 0) is 148 Å². The van der Waals surface area contributed by atoms with E-state index in [-0.39, 0.29) is 52.1 Å². The Balaban J connectivity index is 1.18. The van der Waals surface area contributed by atoms with Crippen LogP contribution in [0.4, 0.5) is 14.4 Å². The van der Waals surface area contributed by atoms with E-state index in [9.17, 15) is 33.6 Å². The molecule has 6 heterocycles. The van der Waals surface area contributed by atoms with Crippen LogP contribution in [0.1, 0.15) is 101 Å². The van der Waals surface area contributed by atoms with Gasteiger partial charge in [-0.2, -0.15) is 0 Å². The Morgan fingerprint density at radius 3 is 1.39 bits per heavy atom. The second-order valence-electron chi connectivity index (χ2n) is 22.7. The van der Waals surface area contributed by atoms with Crippen LogP contribution in [0.3, 0.4) is 0 Å². The SMILES string of the molecule is COc1cc2c(cc1OC(=O)C1CCCN1C(=O)OC(C)(C)C)oc(=O)c1c2c(-c2ccc(OC(=O)[C@@H]3CCCN3C(=O)OC(C)(C)C)c(OC)c2)c2c3cc(OC)c(OC(=O)[C@@H]4CCCN4C(=O)OC(C)(C)C)cc3ccn21. The third kappa shape index (κ3) is 11.3. The molecular weight excluding hydrogens is 1020 g/mol. The lowest BCUT2D eigenvalue weighted by Crippen LogP contribution is -2.44. The molecule has 9 rings (SSSR count). The third-order valence-corrected chi connectivity index (χ3v) is 13.7. The first kappa shape index (κ1) is 55.5. The van der Waals surface area contributed by atoms with Crippen LogP contribution in [-0.2, 0) is 28.6 Å². The lowest BCUT2D eigenvalue weighted by Gasteiger charge is -2.27. The molecule has 0 saturated carbocycles. The van der Waals surface area contributed by atoms with Crippen LogP contribution in [0.5, 0.6) is 34.5 Å². The van der Waals surface area contributed by atoms with Gasteiger partial charge in [-0.1, -0.05) is 6.07 Å². The Morgan fingerprint density at radius 1 is 0.506 bits per heavy atom. The summed E-state index contributed by atoms with van der Waals surface area (Å²) in [5.74, 6) is -1.69. The van der Waals surface area contributed by atoms with E-state index < -0.39 is 76.7 Å². The molecule has 21 nitrogen and oxygen atoms in total. The number of fused-ring (bicyclic) bond motifs is 7. The number of benzene rings is 3. The summed E-state index contributed by atoms with van der Waals surface area (Å²) in [5.41, 5.74) is -1.66. The normalized spacial score (nSPS) is 17.8. The zero-order valence-electron chi connectivity index (χ0n) is 46.5. The topological polar surface area (TPSA) is 230 Å². The molecule has 0 radical (unpaired) electrons. The van der Waals surface area contributed by atoms with Crippen molar-refractivity contribution in [1.82, 2.24) is 19.1 Å². The molecule has 3 aromatic heterocycles. The van der Waals surface area contributed by atoms with E-state index in [1.807, 2.05) is 0 Å². The minimum atomic E-state index is -0.962. The average molecular weight is 1090 g/mol. The molecule has 3 fully saturated rings. The highest BCUT2D eigenvalue weighted by Gasteiger charge is 2.41. The predicted octanol–water partition coefficient (Wildman–Crippen LogP) is 9.96. The van der Waals surface area contributed by atoms with Gasteiger partial charge in [0.25, 0.3) is 0 Å². The predicted molar refractivity (Wildman–Crippen MR) is 288 cm³/mol. The van der Waals surface area contributed by atoms with Crippen molar-refractivity contribution < 1.29 is 75.8 Å². The van der Waals surface area contributed by atoms with Crippen LogP contribution in [-0.4, -0.2) is 131 Å². The minimum Gasteiger partial charge on any atom is -0.493 e. The molecule has 0 aliphatic carbocycles. The van der Waals surface area contributed by atoms with Crippen molar-refractivity contribution >= 4 is 74.3 Å². The summed E-state index contributed by atoms with van der Waals surface area (Å²) >= 11 is 0. The number of ether oxygens (including phenoxy) is 9. The Morgan fingerprint density at radius 2 is 0.937 bits per heavy atom. The number of pyridine rings is 1. The van der Waals surface area contributed by atoms with Crippen molar-refractivity contribution in [2.24, 2.45) is 0 Å². The highest BCUT2D eigenvalue weighted by Crippen LogP contribution is 2.47. The number of hydrogen-bond donors (Lipinski definition) is 0. The Labute approximate surface area is 455 Å². The zero-order valence-corrected chi connectivity index (χ0v) is 46.5. The number of carbonyl (C=O) groups excluding carboxylic acids is 6. The Bertz CT molecular complexity index is 3510. The molecule has 3 atom stereocenters. The lowest BCUT2D eigenvalue weighted by atomic mass is 9.97. The molecular formula is C58H66N4O17. The van der Waals surface area contributed by atoms with Crippen molar-refractivity contribution in [2.45, 2.75) is 136 Å². The lowest BCUT2D eigenvalue weighted by molar-refractivity contribution is -0.140. The molecule has 6 aromatic rings. The van der Waals surface area contributed by atoms with Crippen LogP contribution in [0.15, 0.2) is 63.9 Å². The van der Waals surface area contributed by atoms with Crippen LogP contribution in [0.2, 0.25) is 0 Å². The Hall–Kier alpha value is -8.23. The van der Waals surface area contributed by atoms with Crippen LogP contribution < -0.4 is 34.0 Å². The first-order valence-corrected chi connectivity index (χ1v) is 26.2. The van der Waals surface area contributed by atoms with Crippen LogP contribution >= 0.6 is 0 Å². The minimum absolute atomic E-state index is 0.0146. The summed E-state index contributed by atoms with van der Waals surface area (Å²) in [6.07, 6.45) is 2.46. The number of nitrogens with zero attached hydrogens (tertiary/aromatic N) is 4. The van der Waals surface area contributed by atoms with Gasteiger partial charge in [0.2, 0.25) is 0 Å². The van der Waals surface area contributed by atoms with Gasteiger partial charge in [0.05, 0.1) is 26.8 Å². The number of methoxy groups -OCH3 is 3. The van der Waals surface area contributed by atoms with Gasteiger partial charge < -0.3 is 51.4 Å². The van der Waals surface area contributed by atoms with E-state index in [0.717, 1.165) is 0 Å². The van der Waals surface area contributed by atoms with Gasteiger partial charge in [0, 0.05) is 53.6 Å². The summed E-state index contributed by atoms with van der Waals surface area (Å²) in [6.45, 7) is 16.6. The molecule has 21 heteroatoms. The highest BCUT2D eigenvalue weighted by molar-refractivity contribution is 6.22. The van der Waals surface area contributed by atoms with Gasteiger partial charge in [0.15, 0.2) is 34.5 Å². The zero-order chi connectivity index (χ0) is 57.0. The maximum absolute atomic E-state index is 14.6. The van der Waals surface area contributed by atoms with Crippen LogP contribution in [0, 0.1) is 0 Å². The first-order chi connectivity index (χ1) is 37.3. The molecule has 0 spiro atoms. The van der Waals surface area contributed by atoms with E-state index in [2.05, 4.69) is 0 Å². The van der Waals surface area contributed by atoms with Crippen molar-refractivity contribution in [2.75, 3.05) is 41.0 Å². The fourth-order valence-electron chi connectivity index (χ4n) is 10.4. The van der Waals surface area contributed by atoms with E-state index in [1.54, 1.807) is 115 Å². The molecule has 3 amide bonds. The summed E-state index contributed by atoms with van der Waals surface area (Å²) < 4.78 is 60.1. The molecule has 0 N–H and O–H groups in total. The van der Waals surface area contributed by atoms with E-state index in [0.29, 0.717) is 89.8 Å². The number of hydrogen-bond acceptors (Lipinski definition) is 17. The maximum Gasteiger partial charge on any atom is 0.411 e. The molecule has 420 valence electrons. The maximum atomic E-state index is 14.6. The number of carbonyl (C=O) groups is 6. The molecule has 0 bridgehead atoms. The van der Waals surface area contributed by atoms with Gasteiger partial charge in [0.1, 0.15) is 46.0 Å². The van der Waals surface area contributed by atoms with Crippen LogP contribution in [0.25, 0.3) is 49.3 Å². The molecule has 3 aliphatic rings. The third-order valence-electron chi connectivity index (χ3n) is 13.7. The molecule has 3 aromatic carbocycles. The number of rotatable bonds is 10. The van der Waals surface area contributed by atoms with Crippen molar-refractivity contribution in [3.63, 3.8) is 0 Å². The standard InChI is InChI=1S/C58H66N4O17/c1-56(2,3)77-53(67)59-22-13-16-35(59)49(63)73-38-20-19-32(27-40(38)70-10)45-46-34-29-42(72-12)44(76-51(65)37-18-15-24-61(37)55(69)79-58(7,8)9)30-39(34)74-52(66)48(46)62-25-21-31-26-43(41(71-11)28-33(31)47(45)62)75-50(64)36-17-14-23-60(36)54(68)78-57(4,5)6/h19-21,25-30,35-37H,13-18,22-24H2,1-12H3/t35-,36-,37?/m0/s1. The van der Waals surface area contributed by atoms with Gasteiger partial charge >= 0.3 is 41.8 Å².